The first-order valence-electron chi connectivity index (χ1n) is 13.7. The highest BCUT2D eigenvalue weighted by Gasteiger charge is 2.41. The average molecular weight is 511 g/mol. The van der Waals surface area contributed by atoms with Gasteiger partial charge in [0, 0.05) is 62.1 Å². The van der Waals surface area contributed by atoms with Gasteiger partial charge in [0.2, 0.25) is 0 Å². The Kier molecular flexibility index (Phi) is 6.44. The van der Waals surface area contributed by atoms with Crippen molar-refractivity contribution in [2.75, 3.05) is 38.2 Å². The second kappa shape index (κ2) is 9.75. The summed E-state index contributed by atoms with van der Waals surface area (Å²) in [5, 5.41) is 17.5. The van der Waals surface area contributed by atoms with Crippen molar-refractivity contribution in [1.29, 1.82) is 0 Å². The van der Waals surface area contributed by atoms with Gasteiger partial charge in [-0.1, -0.05) is 0 Å². The van der Waals surface area contributed by atoms with E-state index in [4.69, 9.17) is 4.74 Å². The summed E-state index contributed by atoms with van der Waals surface area (Å²) in [6, 6.07) is 2.16. The number of H-pyrrole nitrogens is 2. The van der Waals surface area contributed by atoms with Crippen molar-refractivity contribution in [2.24, 2.45) is 5.92 Å². The van der Waals surface area contributed by atoms with Gasteiger partial charge >= 0.3 is 6.03 Å². The molecule has 0 aromatic carbocycles. The van der Waals surface area contributed by atoms with Crippen LogP contribution in [0.15, 0.2) is 6.07 Å². The summed E-state index contributed by atoms with van der Waals surface area (Å²) in [6.45, 7) is 11.2. The molecule has 3 N–H and O–H groups in total. The quantitative estimate of drug-likeness (QED) is 0.568. The number of aromatic nitrogens is 4. The minimum atomic E-state index is -0.294. The van der Waals surface area contributed by atoms with Gasteiger partial charge in [0.05, 0.1) is 18.3 Å². The van der Waals surface area contributed by atoms with E-state index < -0.39 is 0 Å². The number of amides is 3. The Hall–Kier alpha value is -2.92. The van der Waals surface area contributed by atoms with E-state index in [0.717, 1.165) is 68.9 Å². The Labute approximate surface area is 217 Å². The van der Waals surface area contributed by atoms with Crippen molar-refractivity contribution in [3.8, 4) is 0 Å². The van der Waals surface area contributed by atoms with Gasteiger partial charge < -0.3 is 19.9 Å². The van der Waals surface area contributed by atoms with Crippen LogP contribution in [0.5, 0.6) is 0 Å². The summed E-state index contributed by atoms with van der Waals surface area (Å²) in [4.78, 5) is 33.0. The summed E-state index contributed by atoms with van der Waals surface area (Å²) < 4.78 is 5.52. The third-order valence-corrected chi connectivity index (χ3v) is 8.63. The maximum absolute atomic E-state index is 13.7. The normalized spacial score (nSPS) is 26.9. The Morgan fingerprint density at radius 2 is 1.81 bits per heavy atom. The topological polar surface area (TPSA) is 122 Å². The van der Waals surface area contributed by atoms with Gasteiger partial charge in [0.1, 0.15) is 0 Å². The number of aromatic amines is 2. The van der Waals surface area contributed by atoms with E-state index in [1.807, 2.05) is 22.8 Å². The van der Waals surface area contributed by atoms with Crippen LogP contribution in [0.25, 0.3) is 0 Å². The molecule has 3 atom stereocenters. The molecule has 37 heavy (non-hydrogen) atoms. The van der Waals surface area contributed by atoms with E-state index >= 15 is 0 Å². The number of urea groups is 1. The number of rotatable bonds is 5. The van der Waals surface area contributed by atoms with Crippen molar-refractivity contribution < 1.29 is 14.3 Å². The van der Waals surface area contributed by atoms with Crippen LogP contribution in [-0.4, -0.2) is 92.0 Å². The molecular formula is C26H38N8O3. The number of nitrogens with one attached hydrogen (secondary N) is 3. The number of carbonyl (C=O) groups is 2. The molecule has 200 valence electrons. The molecule has 1 aliphatic carbocycles. The largest absolute Gasteiger partial charge is 0.381 e. The number of ether oxygens (including phenoxy) is 1. The molecule has 5 heterocycles. The first-order valence-corrected chi connectivity index (χ1v) is 13.7. The molecule has 1 saturated carbocycles. The average Bonchev–Trinajstić information content (AvgIpc) is 3.34. The van der Waals surface area contributed by atoms with Crippen LogP contribution in [0.3, 0.4) is 0 Å². The number of carbonyl (C=O) groups excluding carboxylic acids is 2. The fourth-order valence-electron chi connectivity index (χ4n) is 6.06. The summed E-state index contributed by atoms with van der Waals surface area (Å²) >= 11 is 0. The molecule has 2 saturated heterocycles. The number of hydrogen-bond acceptors (Lipinski definition) is 6. The number of nitrogens with zero attached hydrogens (tertiary/aromatic N) is 5. The van der Waals surface area contributed by atoms with Crippen molar-refractivity contribution >= 4 is 17.8 Å². The zero-order valence-electron chi connectivity index (χ0n) is 22.0. The molecule has 3 fully saturated rings. The van der Waals surface area contributed by atoms with Gasteiger partial charge in [-0.3, -0.25) is 19.9 Å². The molecule has 0 bridgehead atoms. The minimum absolute atomic E-state index is 0.0424. The fraction of sp³-hybridized carbons (Fsp3) is 0.692. The lowest BCUT2D eigenvalue weighted by Gasteiger charge is -2.46. The lowest BCUT2D eigenvalue weighted by Crippen LogP contribution is -2.60. The highest BCUT2D eigenvalue weighted by atomic mass is 16.5. The van der Waals surface area contributed by atoms with E-state index in [0.29, 0.717) is 42.5 Å². The molecule has 0 radical (unpaired) electrons. The zero-order chi connectivity index (χ0) is 25.7. The molecule has 2 aromatic heterocycles. The third kappa shape index (κ3) is 4.74. The van der Waals surface area contributed by atoms with Crippen LogP contribution in [0.1, 0.15) is 85.9 Å². The van der Waals surface area contributed by atoms with E-state index in [9.17, 15) is 9.59 Å². The monoisotopic (exact) mass is 510 g/mol. The molecule has 2 aromatic rings. The lowest BCUT2D eigenvalue weighted by atomic mass is 9.97. The number of fused-ring (bicyclic) bond motifs is 1. The SMILES string of the molecule is CC1c2[nH]nc(NC(=O)c3cc(C4CC4)[nH]n3)c2CN1C(=O)N1C[C@@H](C)N(CC2CCOCC2)C[C@@H]1C. The standard InChI is InChI=1S/C26H38N8O3/c1-15-12-33(16(2)11-32(15)13-18-6-8-37-9-7-18)26(36)34-14-20-23(17(34)3)30-31-24(20)27-25(35)22-10-21(28-29-22)19-4-5-19/h10,15-19H,4-9,11-14H2,1-3H3,(H,28,29)(H2,27,30,31,35)/t15-,16+,17?/m1/s1. The van der Waals surface area contributed by atoms with Gasteiger partial charge in [0.15, 0.2) is 11.5 Å². The number of hydrogen-bond donors (Lipinski definition) is 3. The molecule has 11 heteroatoms. The highest BCUT2D eigenvalue weighted by Crippen LogP contribution is 2.39. The van der Waals surface area contributed by atoms with Gasteiger partial charge in [-0.2, -0.15) is 10.2 Å². The Bertz CT molecular complexity index is 1150. The van der Waals surface area contributed by atoms with Crippen LogP contribution in [0.4, 0.5) is 10.6 Å². The van der Waals surface area contributed by atoms with Gasteiger partial charge in [-0.05, 0) is 58.4 Å². The molecule has 3 amide bonds. The molecule has 6 rings (SSSR count). The second-order valence-corrected chi connectivity index (χ2v) is 11.3. The Balaban J connectivity index is 1.09. The predicted octanol–water partition coefficient (Wildman–Crippen LogP) is 3.08. The maximum Gasteiger partial charge on any atom is 0.321 e. The van der Waals surface area contributed by atoms with Gasteiger partial charge in [-0.15, -0.1) is 0 Å². The third-order valence-electron chi connectivity index (χ3n) is 8.63. The predicted molar refractivity (Wildman–Crippen MR) is 137 cm³/mol. The van der Waals surface area contributed by atoms with E-state index in [1.54, 1.807) is 0 Å². The van der Waals surface area contributed by atoms with E-state index in [2.05, 4.69) is 44.5 Å². The van der Waals surface area contributed by atoms with Crippen molar-refractivity contribution in [2.45, 2.75) is 77.0 Å². The van der Waals surface area contributed by atoms with Gasteiger partial charge in [0.25, 0.3) is 5.91 Å². The van der Waals surface area contributed by atoms with Crippen LogP contribution in [0, 0.1) is 5.92 Å². The molecule has 4 aliphatic rings. The van der Waals surface area contributed by atoms with Crippen LogP contribution < -0.4 is 5.32 Å². The van der Waals surface area contributed by atoms with Crippen molar-refractivity contribution in [3.05, 3.63) is 28.7 Å². The summed E-state index contributed by atoms with van der Waals surface area (Å²) in [5.74, 6) is 1.36. The lowest BCUT2D eigenvalue weighted by molar-refractivity contribution is 0.0127. The smallest absolute Gasteiger partial charge is 0.321 e. The second-order valence-electron chi connectivity index (χ2n) is 11.3. The van der Waals surface area contributed by atoms with Crippen LogP contribution >= 0.6 is 0 Å². The van der Waals surface area contributed by atoms with Crippen molar-refractivity contribution in [1.82, 2.24) is 35.1 Å². The molecule has 3 aliphatic heterocycles. The molecule has 1 unspecified atom stereocenters. The number of piperazine rings is 1. The van der Waals surface area contributed by atoms with E-state index in [-0.39, 0.29) is 24.0 Å². The molecule has 0 spiro atoms. The fourth-order valence-corrected chi connectivity index (χ4v) is 6.06. The summed E-state index contributed by atoms with van der Waals surface area (Å²) in [6.07, 6.45) is 4.52. The van der Waals surface area contributed by atoms with Crippen molar-refractivity contribution in [3.63, 3.8) is 0 Å². The maximum atomic E-state index is 13.7. The summed E-state index contributed by atoms with van der Waals surface area (Å²) in [5.41, 5.74) is 3.12. The molecular weight excluding hydrogens is 472 g/mol. The zero-order valence-corrected chi connectivity index (χ0v) is 22.0. The first-order chi connectivity index (χ1) is 17.9. The van der Waals surface area contributed by atoms with Crippen LogP contribution in [0.2, 0.25) is 0 Å². The highest BCUT2D eigenvalue weighted by molar-refractivity contribution is 6.03. The molecule has 11 nitrogen and oxygen atoms in total. The van der Waals surface area contributed by atoms with E-state index in [1.165, 1.54) is 0 Å². The Morgan fingerprint density at radius 3 is 2.57 bits per heavy atom. The Morgan fingerprint density at radius 1 is 1.03 bits per heavy atom. The minimum Gasteiger partial charge on any atom is -0.381 e. The van der Waals surface area contributed by atoms with Crippen LogP contribution in [-0.2, 0) is 11.3 Å². The summed E-state index contributed by atoms with van der Waals surface area (Å²) in [7, 11) is 0. The van der Waals surface area contributed by atoms with Gasteiger partial charge in [-0.25, -0.2) is 4.79 Å². The first kappa shape index (κ1) is 24.4. The number of anilines is 1.